The number of ether oxygens (including phenoxy) is 2. The summed E-state index contributed by atoms with van der Waals surface area (Å²) in [7, 11) is 0. The van der Waals surface area contributed by atoms with E-state index in [4.69, 9.17) is 13.9 Å². The molecule has 0 atom stereocenters. The highest BCUT2D eigenvalue weighted by atomic mass is 16.6. The number of furan rings is 1. The standard InChI is InChI=1S/C19H20N4O6/c1-3-27-12-22-10-14(9-20-22)21-19(24)18-7-5-15(29-18)11-28-17-6-4-13(2)8-16(17)23(25)26/h4-10H,3,11-12H2,1-2H3,(H,21,24). The van der Waals surface area contributed by atoms with Gasteiger partial charge in [-0.05, 0) is 37.6 Å². The van der Waals surface area contributed by atoms with Crippen LogP contribution < -0.4 is 10.1 Å². The van der Waals surface area contributed by atoms with Gasteiger partial charge in [-0.15, -0.1) is 0 Å². The van der Waals surface area contributed by atoms with Crippen molar-refractivity contribution in [2.24, 2.45) is 0 Å². The fraction of sp³-hybridized carbons (Fsp3) is 0.263. The largest absolute Gasteiger partial charge is 0.479 e. The molecule has 1 aromatic carbocycles. The number of anilines is 1. The van der Waals surface area contributed by atoms with Crippen molar-refractivity contribution in [2.75, 3.05) is 11.9 Å². The molecule has 152 valence electrons. The van der Waals surface area contributed by atoms with Crippen LogP contribution >= 0.6 is 0 Å². The number of nitro groups is 1. The molecule has 0 radical (unpaired) electrons. The number of aromatic nitrogens is 2. The van der Waals surface area contributed by atoms with Crippen LogP contribution in [0.25, 0.3) is 0 Å². The minimum Gasteiger partial charge on any atom is -0.479 e. The molecule has 0 saturated heterocycles. The Labute approximate surface area is 166 Å². The zero-order chi connectivity index (χ0) is 20.8. The molecule has 0 spiro atoms. The molecule has 0 aliphatic carbocycles. The summed E-state index contributed by atoms with van der Waals surface area (Å²) in [5, 5.41) is 17.9. The summed E-state index contributed by atoms with van der Waals surface area (Å²) in [4.78, 5) is 22.9. The number of nitro benzene ring substituents is 1. The lowest BCUT2D eigenvalue weighted by Gasteiger charge is -2.05. The van der Waals surface area contributed by atoms with E-state index in [2.05, 4.69) is 10.4 Å². The molecule has 3 rings (SSSR count). The SMILES string of the molecule is CCOCn1cc(NC(=O)c2ccc(COc3ccc(C)cc3[N+](=O)[O-])o2)cn1. The topological polar surface area (TPSA) is 122 Å². The third-order valence-corrected chi connectivity index (χ3v) is 3.89. The molecule has 0 saturated carbocycles. The van der Waals surface area contributed by atoms with Gasteiger partial charge in [0.1, 0.15) is 19.1 Å². The van der Waals surface area contributed by atoms with E-state index in [-0.39, 0.29) is 23.8 Å². The van der Waals surface area contributed by atoms with Crippen LogP contribution in [-0.2, 0) is 18.1 Å². The minimum absolute atomic E-state index is 0.0521. The van der Waals surface area contributed by atoms with E-state index < -0.39 is 10.8 Å². The predicted molar refractivity (Wildman–Crippen MR) is 103 cm³/mol. The van der Waals surface area contributed by atoms with E-state index in [1.165, 1.54) is 24.4 Å². The Morgan fingerprint density at radius 3 is 2.93 bits per heavy atom. The molecular formula is C19H20N4O6. The van der Waals surface area contributed by atoms with Crippen molar-refractivity contribution >= 4 is 17.3 Å². The van der Waals surface area contributed by atoms with Crippen molar-refractivity contribution in [2.45, 2.75) is 27.2 Å². The molecule has 0 aliphatic heterocycles. The highest BCUT2D eigenvalue weighted by molar-refractivity contribution is 6.02. The lowest BCUT2D eigenvalue weighted by molar-refractivity contribution is -0.386. The highest BCUT2D eigenvalue weighted by Crippen LogP contribution is 2.28. The Balaban J connectivity index is 1.60. The quantitative estimate of drug-likeness (QED) is 0.431. The minimum atomic E-state index is -0.505. The van der Waals surface area contributed by atoms with Gasteiger partial charge in [0.2, 0.25) is 0 Å². The first-order chi connectivity index (χ1) is 14.0. The number of rotatable bonds is 9. The maximum atomic E-state index is 12.3. The number of carbonyl (C=O) groups excluding carboxylic acids is 1. The first kappa shape index (κ1) is 20.1. The van der Waals surface area contributed by atoms with Gasteiger partial charge >= 0.3 is 5.69 Å². The molecule has 29 heavy (non-hydrogen) atoms. The first-order valence-electron chi connectivity index (χ1n) is 8.84. The number of nitrogens with one attached hydrogen (secondary N) is 1. The molecule has 10 heteroatoms. The molecule has 2 heterocycles. The van der Waals surface area contributed by atoms with Gasteiger partial charge in [0.15, 0.2) is 11.5 Å². The van der Waals surface area contributed by atoms with Crippen LogP contribution in [-0.4, -0.2) is 27.2 Å². The van der Waals surface area contributed by atoms with Crippen molar-refractivity contribution in [3.05, 3.63) is 69.9 Å². The fourth-order valence-corrected chi connectivity index (χ4v) is 2.49. The maximum absolute atomic E-state index is 12.3. The second-order valence-corrected chi connectivity index (χ2v) is 6.13. The van der Waals surface area contributed by atoms with E-state index in [0.29, 0.717) is 24.8 Å². The number of benzene rings is 1. The molecule has 0 bridgehead atoms. The zero-order valence-corrected chi connectivity index (χ0v) is 16.0. The molecule has 3 aromatic rings. The van der Waals surface area contributed by atoms with Gasteiger partial charge in [-0.2, -0.15) is 5.10 Å². The van der Waals surface area contributed by atoms with E-state index in [9.17, 15) is 14.9 Å². The van der Waals surface area contributed by atoms with E-state index in [1.54, 1.807) is 29.9 Å². The van der Waals surface area contributed by atoms with Gasteiger partial charge < -0.3 is 19.2 Å². The average Bonchev–Trinajstić information content (AvgIpc) is 3.34. The summed E-state index contributed by atoms with van der Waals surface area (Å²) in [6.45, 7) is 4.43. The summed E-state index contributed by atoms with van der Waals surface area (Å²) < 4.78 is 17.8. The van der Waals surface area contributed by atoms with Crippen molar-refractivity contribution in [3.63, 3.8) is 0 Å². The lowest BCUT2D eigenvalue weighted by Crippen LogP contribution is -2.10. The Bertz CT molecular complexity index is 1010. The monoisotopic (exact) mass is 400 g/mol. The molecule has 0 aliphatic rings. The molecule has 0 unspecified atom stereocenters. The summed E-state index contributed by atoms with van der Waals surface area (Å²) in [5.74, 6) is 0.120. The molecule has 1 N–H and O–H groups in total. The van der Waals surface area contributed by atoms with Gasteiger partial charge in [-0.3, -0.25) is 14.9 Å². The zero-order valence-electron chi connectivity index (χ0n) is 16.0. The number of aryl methyl sites for hydroxylation is 1. The number of hydrogen-bond acceptors (Lipinski definition) is 7. The van der Waals surface area contributed by atoms with Crippen LogP contribution in [0.3, 0.4) is 0 Å². The van der Waals surface area contributed by atoms with Crippen LogP contribution in [0.1, 0.15) is 28.8 Å². The van der Waals surface area contributed by atoms with Gasteiger partial charge in [0.25, 0.3) is 5.91 Å². The Hall–Kier alpha value is -3.66. The Morgan fingerprint density at radius 1 is 1.34 bits per heavy atom. The molecule has 1 amide bonds. The normalized spacial score (nSPS) is 10.7. The van der Waals surface area contributed by atoms with Crippen LogP contribution in [0.15, 0.2) is 47.1 Å². The average molecular weight is 400 g/mol. The van der Waals surface area contributed by atoms with Crippen LogP contribution in [0.4, 0.5) is 11.4 Å². The second kappa shape index (κ2) is 9.02. The highest BCUT2D eigenvalue weighted by Gasteiger charge is 2.17. The summed E-state index contributed by atoms with van der Waals surface area (Å²) >= 11 is 0. The lowest BCUT2D eigenvalue weighted by atomic mass is 10.2. The number of amides is 1. The van der Waals surface area contributed by atoms with Gasteiger partial charge in [-0.25, -0.2) is 4.68 Å². The van der Waals surface area contributed by atoms with E-state index >= 15 is 0 Å². The first-order valence-corrected chi connectivity index (χ1v) is 8.84. The maximum Gasteiger partial charge on any atom is 0.311 e. The molecule has 2 aromatic heterocycles. The number of nitrogens with zero attached hydrogens (tertiary/aromatic N) is 3. The van der Waals surface area contributed by atoms with Crippen molar-refractivity contribution in [1.82, 2.24) is 9.78 Å². The summed E-state index contributed by atoms with van der Waals surface area (Å²) in [6.07, 6.45) is 3.14. The molecule has 10 nitrogen and oxygen atoms in total. The van der Waals surface area contributed by atoms with Crippen LogP contribution in [0.2, 0.25) is 0 Å². The second-order valence-electron chi connectivity index (χ2n) is 6.13. The van der Waals surface area contributed by atoms with Crippen molar-refractivity contribution < 1.29 is 23.6 Å². The van der Waals surface area contributed by atoms with Crippen LogP contribution in [0, 0.1) is 17.0 Å². The van der Waals surface area contributed by atoms with Crippen molar-refractivity contribution in [1.29, 1.82) is 0 Å². The fourth-order valence-electron chi connectivity index (χ4n) is 2.49. The van der Waals surface area contributed by atoms with E-state index in [0.717, 1.165) is 5.56 Å². The van der Waals surface area contributed by atoms with Gasteiger partial charge in [0, 0.05) is 12.7 Å². The van der Waals surface area contributed by atoms with Gasteiger partial charge in [0.05, 0.1) is 23.0 Å². The Morgan fingerprint density at radius 2 is 2.17 bits per heavy atom. The third kappa shape index (κ3) is 5.20. The third-order valence-electron chi connectivity index (χ3n) is 3.89. The summed E-state index contributed by atoms with van der Waals surface area (Å²) in [6, 6.07) is 7.76. The van der Waals surface area contributed by atoms with Crippen LogP contribution in [0.5, 0.6) is 5.75 Å². The Kier molecular flexibility index (Phi) is 6.25. The predicted octanol–water partition coefficient (Wildman–Crippen LogP) is 3.52. The molecule has 0 fully saturated rings. The van der Waals surface area contributed by atoms with Crippen molar-refractivity contribution in [3.8, 4) is 5.75 Å². The number of hydrogen-bond donors (Lipinski definition) is 1. The smallest absolute Gasteiger partial charge is 0.311 e. The number of carbonyl (C=O) groups is 1. The van der Waals surface area contributed by atoms with E-state index in [1.807, 2.05) is 6.92 Å². The molecular weight excluding hydrogens is 380 g/mol. The van der Waals surface area contributed by atoms with Gasteiger partial charge in [-0.1, -0.05) is 6.07 Å². The summed E-state index contributed by atoms with van der Waals surface area (Å²) in [5.41, 5.74) is 1.13.